The lowest BCUT2D eigenvalue weighted by Gasteiger charge is -2.04. The molecule has 110 valence electrons. The van der Waals surface area contributed by atoms with Gasteiger partial charge in [-0.2, -0.15) is 0 Å². The Hall–Kier alpha value is -2.79. The molecule has 0 fully saturated rings. The van der Waals surface area contributed by atoms with Crippen LogP contribution in [0.2, 0.25) is 5.02 Å². The Morgan fingerprint density at radius 3 is 2.50 bits per heavy atom. The van der Waals surface area contributed by atoms with Crippen molar-refractivity contribution in [1.29, 1.82) is 0 Å². The summed E-state index contributed by atoms with van der Waals surface area (Å²) in [5, 5.41) is 12.7. The van der Waals surface area contributed by atoms with E-state index in [0.717, 1.165) is 0 Å². The van der Waals surface area contributed by atoms with Crippen molar-refractivity contribution in [2.45, 2.75) is 0 Å². The Morgan fingerprint density at radius 2 is 1.82 bits per heavy atom. The molecule has 0 aliphatic carbocycles. The van der Waals surface area contributed by atoms with Crippen molar-refractivity contribution in [3.63, 3.8) is 0 Å². The number of amides is 1. The first-order chi connectivity index (χ1) is 10.6. The number of hydrogen-bond donors (Lipinski definition) is 2. The maximum absolute atomic E-state index is 12.2. The van der Waals surface area contributed by atoms with Crippen LogP contribution in [0.5, 0.6) is 0 Å². The normalized spacial score (nSPS) is 10.6. The van der Waals surface area contributed by atoms with Gasteiger partial charge in [0.2, 0.25) is 5.76 Å². The molecule has 1 aromatic heterocycles. The fourth-order valence-corrected chi connectivity index (χ4v) is 2.29. The fraction of sp³-hybridized carbons (Fsp3) is 0. The average Bonchev–Trinajstić information content (AvgIpc) is 2.86. The van der Waals surface area contributed by atoms with Gasteiger partial charge in [0, 0.05) is 16.0 Å². The summed E-state index contributed by atoms with van der Waals surface area (Å²) in [4.78, 5) is 23.6. The van der Waals surface area contributed by atoms with Crippen LogP contribution in [0.25, 0.3) is 11.0 Å². The van der Waals surface area contributed by atoms with Crippen molar-refractivity contribution < 1.29 is 19.1 Å². The number of carboxylic acid groups (broad SMARTS) is 1. The maximum Gasteiger partial charge on any atom is 0.374 e. The average molecular weight is 316 g/mol. The summed E-state index contributed by atoms with van der Waals surface area (Å²) in [5.74, 6) is -2.02. The van der Waals surface area contributed by atoms with E-state index in [1.807, 2.05) is 0 Å². The zero-order valence-electron chi connectivity index (χ0n) is 11.2. The van der Waals surface area contributed by atoms with Crippen LogP contribution in [0, 0.1) is 0 Å². The summed E-state index contributed by atoms with van der Waals surface area (Å²) in [5.41, 5.74) is 0.847. The highest BCUT2D eigenvalue weighted by atomic mass is 35.5. The molecule has 1 heterocycles. The molecule has 0 unspecified atom stereocenters. The molecule has 22 heavy (non-hydrogen) atoms. The fourth-order valence-electron chi connectivity index (χ4n) is 2.12. The van der Waals surface area contributed by atoms with Gasteiger partial charge >= 0.3 is 5.97 Å². The van der Waals surface area contributed by atoms with Gasteiger partial charge in [-0.3, -0.25) is 4.79 Å². The van der Waals surface area contributed by atoms with Crippen molar-refractivity contribution in [2.24, 2.45) is 0 Å². The van der Waals surface area contributed by atoms with Crippen LogP contribution in [0.4, 0.5) is 5.69 Å². The zero-order valence-corrected chi connectivity index (χ0v) is 11.9. The van der Waals surface area contributed by atoms with Crippen LogP contribution in [-0.2, 0) is 0 Å². The second kappa shape index (κ2) is 5.54. The molecule has 2 N–H and O–H groups in total. The van der Waals surface area contributed by atoms with Gasteiger partial charge < -0.3 is 14.8 Å². The van der Waals surface area contributed by atoms with E-state index in [0.29, 0.717) is 21.6 Å². The molecule has 5 nitrogen and oxygen atoms in total. The molecular weight excluding hydrogens is 306 g/mol. The zero-order chi connectivity index (χ0) is 15.7. The summed E-state index contributed by atoms with van der Waals surface area (Å²) in [6, 6.07) is 13.2. The second-order valence-electron chi connectivity index (χ2n) is 4.57. The minimum atomic E-state index is -1.27. The highest BCUT2D eigenvalue weighted by molar-refractivity contribution is 6.31. The van der Waals surface area contributed by atoms with Gasteiger partial charge in [0.25, 0.3) is 5.91 Å². The number of anilines is 1. The SMILES string of the molecule is O=C(Nc1c(C(=O)O)oc2ccc(Cl)cc12)c1ccccc1. The van der Waals surface area contributed by atoms with Gasteiger partial charge in [-0.25, -0.2) is 4.79 Å². The van der Waals surface area contributed by atoms with Crippen LogP contribution in [0.1, 0.15) is 20.9 Å². The van der Waals surface area contributed by atoms with E-state index in [1.165, 1.54) is 0 Å². The molecule has 3 rings (SSSR count). The number of rotatable bonds is 3. The number of furan rings is 1. The van der Waals surface area contributed by atoms with Crippen molar-refractivity contribution in [1.82, 2.24) is 0 Å². The van der Waals surface area contributed by atoms with E-state index in [1.54, 1.807) is 48.5 Å². The molecular formula is C16H10ClNO4. The van der Waals surface area contributed by atoms with Gasteiger partial charge in [-0.05, 0) is 30.3 Å². The van der Waals surface area contributed by atoms with E-state index < -0.39 is 11.9 Å². The minimum Gasteiger partial charge on any atom is -0.475 e. The highest BCUT2D eigenvalue weighted by Gasteiger charge is 2.22. The van der Waals surface area contributed by atoms with Gasteiger partial charge in [0.1, 0.15) is 11.3 Å². The monoisotopic (exact) mass is 315 g/mol. The molecule has 3 aromatic rings. The second-order valence-corrected chi connectivity index (χ2v) is 5.01. The van der Waals surface area contributed by atoms with Crippen LogP contribution < -0.4 is 5.32 Å². The number of benzene rings is 2. The molecule has 0 atom stereocenters. The minimum absolute atomic E-state index is 0.0962. The Kier molecular flexibility index (Phi) is 3.56. The largest absolute Gasteiger partial charge is 0.475 e. The van der Waals surface area contributed by atoms with Crippen LogP contribution in [0.3, 0.4) is 0 Å². The Labute approximate surface area is 130 Å². The molecule has 0 spiro atoms. The van der Waals surface area contributed by atoms with Crippen molar-refractivity contribution in [3.05, 3.63) is 64.9 Å². The third-order valence-corrected chi connectivity index (χ3v) is 3.35. The molecule has 0 radical (unpaired) electrons. The highest BCUT2D eigenvalue weighted by Crippen LogP contribution is 2.33. The van der Waals surface area contributed by atoms with Gasteiger partial charge in [-0.1, -0.05) is 29.8 Å². The summed E-state index contributed by atoms with van der Waals surface area (Å²) in [6.07, 6.45) is 0. The number of carbonyl (C=O) groups excluding carboxylic acids is 1. The third kappa shape index (κ3) is 2.54. The van der Waals surface area contributed by atoms with E-state index in [-0.39, 0.29) is 11.4 Å². The van der Waals surface area contributed by atoms with Crippen LogP contribution in [-0.4, -0.2) is 17.0 Å². The Balaban J connectivity index is 2.09. The third-order valence-electron chi connectivity index (χ3n) is 3.12. The first-order valence-corrected chi connectivity index (χ1v) is 6.76. The predicted molar refractivity (Wildman–Crippen MR) is 82.6 cm³/mol. The smallest absolute Gasteiger partial charge is 0.374 e. The number of aromatic carboxylic acids is 1. The van der Waals surface area contributed by atoms with E-state index in [2.05, 4.69) is 5.32 Å². The standard InChI is InChI=1S/C16H10ClNO4/c17-10-6-7-12-11(8-10)13(14(22-12)16(20)21)18-15(19)9-4-2-1-3-5-9/h1-8H,(H,18,19)(H,20,21). The Morgan fingerprint density at radius 1 is 1.09 bits per heavy atom. The molecule has 0 aliphatic rings. The van der Waals surface area contributed by atoms with Crippen molar-refractivity contribution in [3.8, 4) is 0 Å². The molecule has 6 heteroatoms. The van der Waals surface area contributed by atoms with Crippen molar-refractivity contribution in [2.75, 3.05) is 5.32 Å². The number of nitrogens with one attached hydrogen (secondary N) is 1. The molecule has 0 saturated carbocycles. The first-order valence-electron chi connectivity index (χ1n) is 6.38. The number of carboxylic acids is 1. The van der Waals surface area contributed by atoms with E-state index >= 15 is 0 Å². The maximum atomic E-state index is 12.2. The Bertz CT molecular complexity index is 870. The van der Waals surface area contributed by atoms with Gasteiger partial charge in [-0.15, -0.1) is 0 Å². The van der Waals surface area contributed by atoms with E-state index in [9.17, 15) is 14.7 Å². The first kappa shape index (κ1) is 14.2. The van der Waals surface area contributed by atoms with Gasteiger partial charge in [0.15, 0.2) is 0 Å². The summed E-state index contributed by atoms with van der Waals surface area (Å²) >= 11 is 5.93. The lowest BCUT2D eigenvalue weighted by Crippen LogP contribution is -2.13. The summed E-state index contributed by atoms with van der Waals surface area (Å²) in [6.45, 7) is 0. The topological polar surface area (TPSA) is 79.5 Å². The molecule has 0 saturated heterocycles. The van der Waals surface area contributed by atoms with Crippen LogP contribution >= 0.6 is 11.6 Å². The summed E-state index contributed by atoms with van der Waals surface area (Å²) < 4.78 is 5.28. The number of fused-ring (bicyclic) bond motifs is 1. The number of hydrogen-bond acceptors (Lipinski definition) is 3. The quantitative estimate of drug-likeness (QED) is 0.764. The number of carbonyl (C=O) groups is 2. The van der Waals surface area contributed by atoms with Crippen molar-refractivity contribution >= 4 is 40.1 Å². The number of halogens is 1. The molecule has 1 amide bonds. The van der Waals surface area contributed by atoms with Crippen LogP contribution in [0.15, 0.2) is 52.9 Å². The van der Waals surface area contributed by atoms with Gasteiger partial charge in [0.05, 0.1) is 0 Å². The molecule has 2 aromatic carbocycles. The summed E-state index contributed by atoms with van der Waals surface area (Å²) in [7, 11) is 0. The lowest BCUT2D eigenvalue weighted by atomic mass is 10.2. The predicted octanol–water partition coefficient (Wildman–Crippen LogP) is 4.04. The van der Waals surface area contributed by atoms with E-state index in [4.69, 9.17) is 16.0 Å². The lowest BCUT2D eigenvalue weighted by molar-refractivity contribution is 0.0666. The molecule has 0 aliphatic heterocycles. The molecule has 0 bridgehead atoms.